The maximum atomic E-state index is 4.18. The average molecular weight is 236 g/mol. The molecule has 0 amide bonds. The molecule has 0 spiro atoms. The molecule has 0 radical (unpaired) electrons. The molecule has 0 atom stereocenters. The summed E-state index contributed by atoms with van der Waals surface area (Å²) in [5, 5.41) is 5.67. The summed E-state index contributed by atoms with van der Waals surface area (Å²) in [6, 6.07) is 10.1. The molecule has 18 heavy (non-hydrogen) atoms. The topological polar surface area (TPSA) is 50.7 Å². The Morgan fingerprint density at radius 1 is 1.00 bits per heavy atom. The van der Waals surface area contributed by atoms with Crippen LogP contribution in [0, 0.1) is 0 Å². The number of rotatable bonds is 3. The van der Waals surface area contributed by atoms with Crippen molar-refractivity contribution in [3.05, 3.63) is 60.9 Å². The van der Waals surface area contributed by atoms with Crippen molar-refractivity contribution < 1.29 is 0 Å². The number of hydrogen-bond acceptors (Lipinski definition) is 4. The lowest BCUT2D eigenvalue weighted by Crippen LogP contribution is -2.02. The lowest BCUT2D eigenvalue weighted by molar-refractivity contribution is 1.01. The Morgan fingerprint density at radius 2 is 1.94 bits per heavy atom. The van der Waals surface area contributed by atoms with Gasteiger partial charge in [0.1, 0.15) is 6.33 Å². The fourth-order valence-corrected chi connectivity index (χ4v) is 1.88. The molecule has 0 fully saturated rings. The minimum Gasteiger partial charge on any atom is -0.379 e. The Labute approximate surface area is 105 Å². The van der Waals surface area contributed by atoms with Crippen LogP contribution in [0.2, 0.25) is 0 Å². The number of benzene rings is 1. The third kappa shape index (κ3) is 2.13. The summed E-state index contributed by atoms with van der Waals surface area (Å²) in [7, 11) is 0. The quantitative estimate of drug-likeness (QED) is 0.759. The van der Waals surface area contributed by atoms with E-state index in [0.717, 1.165) is 16.8 Å². The molecule has 0 aliphatic carbocycles. The van der Waals surface area contributed by atoms with Gasteiger partial charge >= 0.3 is 0 Å². The molecule has 0 unspecified atom stereocenters. The van der Waals surface area contributed by atoms with E-state index in [1.165, 1.54) is 5.39 Å². The van der Waals surface area contributed by atoms with E-state index in [-0.39, 0.29) is 0 Å². The molecule has 4 heteroatoms. The molecule has 1 aromatic carbocycles. The van der Waals surface area contributed by atoms with Crippen LogP contribution >= 0.6 is 0 Å². The molecule has 88 valence electrons. The Morgan fingerprint density at radius 3 is 2.83 bits per heavy atom. The summed E-state index contributed by atoms with van der Waals surface area (Å²) in [6.45, 7) is 0.677. The zero-order valence-corrected chi connectivity index (χ0v) is 9.74. The standard InChI is InChI=1S/C14H12N4/c1-2-11-4-6-15-9-13(11)14(3-1)17-8-12-5-7-16-10-18-12/h1-7,9-10,17H,8H2. The van der Waals surface area contributed by atoms with Gasteiger partial charge in [-0.1, -0.05) is 12.1 Å². The molecule has 1 N–H and O–H groups in total. The maximum absolute atomic E-state index is 4.18. The lowest BCUT2D eigenvalue weighted by atomic mass is 10.1. The van der Waals surface area contributed by atoms with Gasteiger partial charge in [0.15, 0.2) is 0 Å². The lowest BCUT2D eigenvalue weighted by Gasteiger charge is -2.08. The highest BCUT2D eigenvalue weighted by Crippen LogP contribution is 2.22. The van der Waals surface area contributed by atoms with Crippen LogP contribution in [0.15, 0.2) is 55.2 Å². The van der Waals surface area contributed by atoms with E-state index in [1.54, 1.807) is 18.7 Å². The Hall–Kier alpha value is -2.49. The van der Waals surface area contributed by atoms with Crippen molar-refractivity contribution in [2.24, 2.45) is 0 Å². The summed E-state index contributed by atoms with van der Waals surface area (Å²) in [5.41, 5.74) is 2.03. The van der Waals surface area contributed by atoms with Gasteiger partial charge in [-0.05, 0) is 23.6 Å². The van der Waals surface area contributed by atoms with E-state index in [9.17, 15) is 0 Å². The monoisotopic (exact) mass is 236 g/mol. The number of pyridine rings is 1. The van der Waals surface area contributed by atoms with Crippen LogP contribution in [0.25, 0.3) is 10.8 Å². The highest BCUT2D eigenvalue weighted by atomic mass is 14.9. The number of fused-ring (bicyclic) bond motifs is 1. The zero-order valence-electron chi connectivity index (χ0n) is 9.74. The fourth-order valence-electron chi connectivity index (χ4n) is 1.88. The second kappa shape index (κ2) is 4.79. The predicted molar refractivity (Wildman–Crippen MR) is 71.1 cm³/mol. The molecule has 0 bridgehead atoms. The fraction of sp³-hybridized carbons (Fsp3) is 0.0714. The largest absolute Gasteiger partial charge is 0.379 e. The van der Waals surface area contributed by atoms with Crippen LogP contribution in [0.1, 0.15) is 5.69 Å². The maximum Gasteiger partial charge on any atom is 0.115 e. The SMILES string of the molecule is c1cc(NCc2ccncn2)c2cnccc2c1. The first-order valence-corrected chi connectivity index (χ1v) is 5.75. The summed E-state index contributed by atoms with van der Waals surface area (Å²) in [6.07, 6.45) is 6.98. The molecular weight excluding hydrogens is 224 g/mol. The summed E-state index contributed by atoms with van der Waals surface area (Å²) >= 11 is 0. The molecule has 2 aromatic heterocycles. The minimum absolute atomic E-state index is 0.677. The van der Waals surface area contributed by atoms with Gasteiger partial charge in [0.05, 0.1) is 12.2 Å². The molecule has 0 aliphatic rings. The third-order valence-corrected chi connectivity index (χ3v) is 2.79. The molecule has 2 heterocycles. The predicted octanol–water partition coefficient (Wildman–Crippen LogP) is 2.64. The van der Waals surface area contributed by atoms with E-state index < -0.39 is 0 Å². The van der Waals surface area contributed by atoms with Crippen molar-refractivity contribution in [1.29, 1.82) is 0 Å². The summed E-state index contributed by atoms with van der Waals surface area (Å²) < 4.78 is 0. The smallest absolute Gasteiger partial charge is 0.115 e. The van der Waals surface area contributed by atoms with Gasteiger partial charge in [0, 0.05) is 29.7 Å². The molecule has 3 aromatic rings. The van der Waals surface area contributed by atoms with Crippen molar-refractivity contribution in [2.75, 3.05) is 5.32 Å². The molecule has 0 saturated carbocycles. The van der Waals surface area contributed by atoms with Gasteiger partial charge in [-0.3, -0.25) is 4.98 Å². The molecule has 4 nitrogen and oxygen atoms in total. The number of nitrogens with one attached hydrogen (secondary N) is 1. The summed E-state index contributed by atoms with van der Waals surface area (Å²) in [4.78, 5) is 12.2. The highest BCUT2D eigenvalue weighted by Gasteiger charge is 2.00. The highest BCUT2D eigenvalue weighted by molar-refractivity contribution is 5.92. The second-order valence-corrected chi connectivity index (χ2v) is 3.96. The number of aromatic nitrogens is 3. The Kier molecular flexibility index (Phi) is 2.84. The van der Waals surface area contributed by atoms with Crippen LogP contribution < -0.4 is 5.32 Å². The van der Waals surface area contributed by atoms with Gasteiger partial charge in [-0.2, -0.15) is 0 Å². The van der Waals surface area contributed by atoms with Crippen LogP contribution in [-0.2, 0) is 6.54 Å². The molecule has 3 rings (SSSR count). The van der Waals surface area contributed by atoms with Crippen LogP contribution in [-0.4, -0.2) is 15.0 Å². The number of anilines is 1. The third-order valence-electron chi connectivity index (χ3n) is 2.79. The molecular formula is C14H12N4. The van der Waals surface area contributed by atoms with Crippen molar-refractivity contribution in [3.63, 3.8) is 0 Å². The van der Waals surface area contributed by atoms with Gasteiger partial charge in [-0.25, -0.2) is 9.97 Å². The number of nitrogens with zero attached hydrogens (tertiary/aromatic N) is 3. The summed E-state index contributed by atoms with van der Waals surface area (Å²) in [5.74, 6) is 0. The van der Waals surface area contributed by atoms with E-state index in [4.69, 9.17) is 0 Å². The van der Waals surface area contributed by atoms with Crippen molar-refractivity contribution in [2.45, 2.75) is 6.54 Å². The first-order chi connectivity index (χ1) is 8.93. The van der Waals surface area contributed by atoms with Gasteiger partial charge < -0.3 is 5.32 Å². The van der Waals surface area contributed by atoms with Gasteiger partial charge in [-0.15, -0.1) is 0 Å². The van der Waals surface area contributed by atoms with Gasteiger partial charge in [0.25, 0.3) is 0 Å². The van der Waals surface area contributed by atoms with E-state index in [2.05, 4.69) is 26.3 Å². The number of hydrogen-bond donors (Lipinski definition) is 1. The zero-order chi connectivity index (χ0) is 12.2. The Bertz CT molecular complexity index is 647. The molecule has 0 aliphatic heterocycles. The van der Waals surface area contributed by atoms with Crippen molar-refractivity contribution in [3.8, 4) is 0 Å². The van der Waals surface area contributed by atoms with Crippen LogP contribution in [0.5, 0.6) is 0 Å². The van der Waals surface area contributed by atoms with Crippen molar-refractivity contribution >= 4 is 16.5 Å². The first kappa shape index (κ1) is 10.7. The Balaban J connectivity index is 1.87. The molecule has 0 saturated heterocycles. The van der Waals surface area contributed by atoms with E-state index in [0.29, 0.717) is 6.54 Å². The van der Waals surface area contributed by atoms with Crippen LogP contribution in [0.3, 0.4) is 0 Å². The first-order valence-electron chi connectivity index (χ1n) is 5.75. The van der Waals surface area contributed by atoms with Crippen LogP contribution in [0.4, 0.5) is 5.69 Å². The second-order valence-electron chi connectivity index (χ2n) is 3.96. The minimum atomic E-state index is 0.677. The van der Waals surface area contributed by atoms with E-state index >= 15 is 0 Å². The van der Waals surface area contributed by atoms with Crippen molar-refractivity contribution in [1.82, 2.24) is 15.0 Å². The van der Waals surface area contributed by atoms with E-state index in [1.807, 2.05) is 30.5 Å². The van der Waals surface area contributed by atoms with Gasteiger partial charge in [0.2, 0.25) is 0 Å². The normalized spacial score (nSPS) is 10.4. The average Bonchev–Trinajstić information content (AvgIpc) is 2.46.